The number of nitrogens with one attached hydrogen (secondary N) is 1. The van der Waals surface area contributed by atoms with Crippen LogP contribution in [0.2, 0.25) is 0 Å². The highest BCUT2D eigenvalue weighted by Gasteiger charge is 2.24. The Kier molecular flexibility index (Phi) is 4.83. The second-order valence-electron chi connectivity index (χ2n) is 5.67. The summed E-state index contributed by atoms with van der Waals surface area (Å²) in [5.74, 6) is 1.89. The number of ether oxygens (including phenoxy) is 1. The Labute approximate surface area is 115 Å². The van der Waals surface area contributed by atoms with Gasteiger partial charge in [-0.2, -0.15) is 0 Å². The van der Waals surface area contributed by atoms with Crippen LogP contribution in [0, 0.1) is 11.8 Å². The molecule has 19 heavy (non-hydrogen) atoms. The first-order valence-corrected chi connectivity index (χ1v) is 7.19. The van der Waals surface area contributed by atoms with Crippen LogP contribution in [-0.4, -0.2) is 12.5 Å². The van der Waals surface area contributed by atoms with Crippen molar-refractivity contribution in [3.05, 3.63) is 24.3 Å². The molecule has 1 aromatic rings. The molecule has 0 aliphatic heterocycles. The van der Waals surface area contributed by atoms with Crippen molar-refractivity contribution in [3.8, 4) is 5.75 Å². The fourth-order valence-corrected chi connectivity index (χ4v) is 1.96. The highest BCUT2D eigenvalue weighted by atomic mass is 16.5. The zero-order valence-corrected chi connectivity index (χ0v) is 11.8. The highest BCUT2D eigenvalue weighted by molar-refractivity contribution is 5.93. The van der Waals surface area contributed by atoms with Crippen molar-refractivity contribution in [2.75, 3.05) is 11.9 Å². The van der Waals surface area contributed by atoms with Crippen molar-refractivity contribution >= 4 is 11.6 Å². The number of carbonyl (C=O) groups excluding carboxylic acids is 1. The SMILES string of the molecule is CC(C)CCOc1ccc(NC(=O)C2CCC2)cc1. The van der Waals surface area contributed by atoms with Gasteiger partial charge in [0, 0.05) is 11.6 Å². The zero-order valence-electron chi connectivity index (χ0n) is 11.8. The topological polar surface area (TPSA) is 38.3 Å². The van der Waals surface area contributed by atoms with E-state index in [9.17, 15) is 4.79 Å². The molecule has 0 heterocycles. The maximum absolute atomic E-state index is 11.8. The summed E-state index contributed by atoms with van der Waals surface area (Å²) in [4.78, 5) is 11.8. The molecule has 1 saturated carbocycles. The largest absolute Gasteiger partial charge is 0.494 e. The maximum atomic E-state index is 11.8. The normalized spacial score (nSPS) is 15.1. The van der Waals surface area contributed by atoms with Crippen LogP contribution in [0.25, 0.3) is 0 Å². The molecule has 0 bridgehead atoms. The number of rotatable bonds is 6. The van der Waals surface area contributed by atoms with Gasteiger partial charge >= 0.3 is 0 Å². The van der Waals surface area contributed by atoms with Crippen LogP contribution >= 0.6 is 0 Å². The summed E-state index contributed by atoms with van der Waals surface area (Å²) in [7, 11) is 0. The van der Waals surface area contributed by atoms with E-state index in [0.29, 0.717) is 5.92 Å². The number of hydrogen-bond acceptors (Lipinski definition) is 2. The fourth-order valence-electron chi connectivity index (χ4n) is 1.96. The summed E-state index contributed by atoms with van der Waals surface area (Å²) in [5.41, 5.74) is 0.855. The predicted molar refractivity (Wildman–Crippen MR) is 77.4 cm³/mol. The lowest BCUT2D eigenvalue weighted by molar-refractivity contribution is -0.122. The number of carbonyl (C=O) groups is 1. The van der Waals surface area contributed by atoms with Gasteiger partial charge < -0.3 is 10.1 Å². The van der Waals surface area contributed by atoms with Gasteiger partial charge in [0.25, 0.3) is 0 Å². The number of anilines is 1. The van der Waals surface area contributed by atoms with E-state index in [2.05, 4.69) is 19.2 Å². The Morgan fingerprint density at radius 3 is 2.53 bits per heavy atom. The van der Waals surface area contributed by atoms with Crippen LogP contribution in [0.15, 0.2) is 24.3 Å². The molecule has 1 N–H and O–H groups in total. The minimum absolute atomic E-state index is 0.153. The average Bonchev–Trinajstić information content (AvgIpc) is 2.28. The molecule has 104 valence electrons. The monoisotopic (exact) mass is 261 g/mol. The second kappa shape index (κ2) is 6.60. The van der Waals surface area contributed by atoms with Crippen molar-refractivity contribution in [1.29, 1.82) is 0 Å². The molecule has 0 saturated heterocycles. The third kappa shape index (κ3) is 4.27. The number of benzene rings is 1. The van der Waals surface area contributed by atoms with Gasteiger partial charge in [0.15, 0.2) is 0 Å². The van der Waals surface area contributed by atoms with Crippen LogP contribution < -0.4 is 10.1 Å². The highest BCUT2D eigenvalue weighted by Crippen LogP contribution is 2.27. The van der Waals surface area contributed by atoms with E-state index in [-0.39, 0.29) is 11.8 Å². The Hall–Kier alpha value is -1.51. The third-order valence-corrected chi connectivity index (χ3v) is 3.56. The summed E-state index contributed by atoms with van der Waals surface area (Å²) < 4.78 is 5.64. The van der Waals surface area contributed by atoms with Crippen molar-refractivity contribution in [3.63, 3.8) is 0 Å². The summed E-state index contributed by atoms with van der Waals surface area (Å²) >= 11 is 0. The molecule has 1 aliphatic rings. The van der Waals surface area contributed by atoms with Gasteiger partial charge in [-0.05, 0) is 49.4 Å². The minimum Gasteiger partial charge on any atom is -0.494 e. The molecule has 1 amide bonds. The summed E-state index contributed by atoms with van der Waals surface area (Å²) in [6.07, 6.45) is 4.30. The van der Waals surface area contributed by atoms with E-state index < -0.39 is 0 Å². The van der Waals surface area contributed by atoms with Crippen LogP contribution in [0.5, 0.6) is 5.75 Å². The molecule has 0 aromatic heterocycles. The van der Waals surface area contributed by atoms with Crippen molar-refractivity contribution in [2.24, 2.45) is 11.8 Å². The predicted octanol–water partition coefficient (Wildman–Crippen LogP) is 3.85. The van der Waals surface area contributed by atoms with Gasteiger partial charge in [-0.3, -0.25) is 4.79 Å². The first-order chi connectivity index (χ1) is 9.15. The molecule has 0 spiro atoms. The summed E-state index contributed by atoms with van der Waals surface area (Å²) in [5, 5.41) is 2.95. The summed E-state index contributed by atoms with van der Waals surface area (Å²) in [6.45, 7) is 5.11. The second-order valence-corrected chi connectivity index (χ2v) is 5.67. The summed E-state index contributed by atoms with van der Waals surface area (Å²) in [6, 6.07) is 7.63. The molecule has 1 aromatic carbocycles. The van der Waals surface area contributed by atoms with Gasteiger partial charge in [-0.15, -0.1) is 0 Å². The zero-order chi connectivity index (χ0) is 13.7. The van der Waals surface area contributed by atoms with Crippen LogP contribution in [0.4, 0.5) is 5.69 Å². The molecule has 3 nitrogen and oxygen atoms in total. The fraction of sp³-hybridized carbons (Fsp3) is 0.562. The quantitative estimate of drug-likeness (QED) is 0.844. The van der Waals surface area contributed by atoms with E-state index in [1.807, 2.05) is 24.3 Å². The lowest BCUT2D eigenvalue weighted by atomic mass is 9.85. The number of amides is 1. The maximum Gasteiger partial charge on any atom is 0.227 e. The molecular weight excluding hydrogens is 238 g/mol. The van der Waals surface area contributed by atoms with E-state index in [4.69, 9.17) is 4.74 Å². The Morgan fingerprint density at radius 1 is 1.32 bits per heavy atom. The first-order valence-electron chi connectivity index (χ1n) is 7.19. The first kappa shape index (κ1) is 13.9. The van der Waals surface area contributed by atoms with Crippen LogP contribution in [0.3, 0.4) is 0 Å². The van der Waals surface area contributed by atoms with Gasteiger partial charge in [-0.1, -0.05) is 20.3 Å². The Bertz CT molecular complexity index is 407. The van der Waals surface area contributed by atoms with Crippen molar-refractivity contribution in [1.82, 2.24) is 0 Å². The minimum atomic E-state index is 0.153. The molecule has 1 fully saturated rings. The Morgan fingerprint density at radius 2 is 2.00 bits per heavy atom. The number of hydrogen-bond donors (Lipinski definition) is 1. The molecule has 1 aliphatic carbocycles. The standard InChI is InChI=1S/C16H23NO2/c1-12(2)10-11-19-15-8-6-14(7-9-15)17-16(18)13-4-3-5-13/h6-9,12-13H,3-5,10-11H2,1-2H3,(H,17,18). The molecule has 0 unspecified atom stereocenters. The lowest BCUT2D eigenvalue weighted by Crippen LogP contribution is -2.27. The van der Waals surface area contributed by atoms with E-state index in [1.54, 1.807) is 0 Å². The molecule has 2 rings (SSSR count). The van der Waals surface area contributed by atoms with Crippen LogP contribution in [-0.2, 0) is 4.79 Å². The van der Waals surface area contributed by atoms with Crippen LogP contribution in [0.1, 0.15) is 39.5 Å². The average molecular weight is 261 g/mol. The van der Waals surface area contributed by atoms with Crippen molar-refractivity contribution < 1.29 is 9.53 Å². The molecule has 3 heteroatoms. The smallest absolute Gasteiger partial charge is 0.227 e. The van der Waals surface area contributed by atoms with Gasteiger partial charge in [0.1, 0.15) is 5.75 Å². The molecule has 0 radical (unpaired) electrons. The van der Waals surface area contributed by atoms with Crippen molar-refractivity contribution in [2.45, 2.75) is 39.5 Å². The lowest BCUT2D eigenvalue weighted by Gasteiger charge is -2.24. The third-order valence-electron chi connectivity index (χ3n) is 3.56. The molecule has 0 atom stereocenters. The molecular formula is C16H23NO2. The van der Waals surface area contributed by atoms with E-state index in [0.717, 1.165) is 37.3 Å². The van der Waals surface area contributed by atoms with E-state index in [1.165, 1.54) is 6.42 Å². The van der Waals surface area contributed by atoms with E-state index >= 15 is 0 Å². The van der Waals surface area contributed by atoms with Gasteiger partial charge in [0.05, 0.1) is 6.61 Å². The Balaban J connectivity index is 1.78. The van der Waals surface area contributed by atoms with Gasteiger partial charge in [-0.25, -0.2) is 0 Å². The van der Waals surface area contributed by atoms with Gasteiger partial charge in [0.2, 0.25) is 5.91 Å².